The molecule has 0 saturated carbocycles. The van der Waals surface area contributed by atoms with Crippen LogP contribution in [0.4, 0.5) is 18.9 Å². The molecule has 2 heterocycles. The molecule has 8 heteroatoms. The molecule has 2 aliphatic rings. The first-order chi connectivity index (χ1) is 10.4. The van der Waals surface area contributed by atoms with Gasteiger partial charge in [-0.2, -0.15) is 13.2 Å². The van der Waals surface area contributed by atoms with E-state index in [2.05, 4.69) is 5.32 Å². The first kappa shape index (κ1) is 14.8. The number of halogens is 3. The highest BCUT2D eigenvalue weighted by Gasteiger charge is 2.39. The second kappa shape index (κ2) is 5.58. The number of hydrogen-bond acceptors (Lipinski definition) is 4. The number of hydrogen-bond donors (Lipinski definition) is 1. The number of ether oxygens (including phenoxy) is 2. The molecule has 0 aliphatic carbocycles. The third kappa shape index (κ3) is 3.05. The Morgan fingerprint density at radius 2 is 2.05 bits per heavy atom. The third-order valence-electron chi connectivity index (χ3n) is 3.56. The molecule has 1 atom stereocenters. The summed E-state index contributed by atoms with van der Waals surface area (Å²) in [4.78, 5) is 12.9. The second-order valence-corrected chi connectivity index (χ2v) is 5.19. The van der Waals surface area contributed by atoms with Gasteiger partial charge in [-0.3, -0.25) is 4.79 Å². The Bertz CT molecular complexity index is 577. The summed E-state index contributed by atoms with van der Waals surface area (Å²) in [5.74, 6) is 0.510. The van der Waals surface area contributed by atoms with Crippen molar-refractivity contribution < 1.29 is 27.4 Å². The first-order valence-corrected chi connectivity index (χ1v) is 6.95. The number of rotatable bonds is 3. The van der Waals surface area contributed by atoms with Crippen LogP contribution < -0.4 is 14.8 Å². The standard InChI is InChI=1S/C14H15F3N2O3/c15-14(16,17)8-19-5-4-10(13(19)20)18-9-2-1-3-11-12(9)22-7-6-21-11/h1-3,10,18H,4-8H2/t10-/m1/s1. The van der Waals surface area contributed by atoms with Crippen molar-refractivity contribution in [3.05, 3.63) is 18.2 Å². The van der Waals surface area contributed by atoms with Gasteiger partial charge < -0.3 is 19.7 Å². The summed E-state index contributed by atoms with van der Waals surface area (Å²) in [5.41, 5.74) is 0.560. The molecule has 1 amide bonds. The van der Waals surface area contributed by atoms with Crippen molar-refractivity contribution in [2.75, 3.05) is 31.6 Å². The molecule has 0 aromatic heterocycles. The fourth-order valence-electron chi connectivity index (χ4n) is 2.62. The smallest absolute Gasteiger partial charge is 0.406 e. The SMILES string of the molecule is O=C1[C@H](Nc2cccc3c2OCCO3)CCN1CC(F)(F)F. The number of carbonyl (C=O) groups excluding carboxylic acids is 1. The minimum absolute atomic E-state index is 0.0857. The Labute approximate surface area is 125 Å². The molecule has 5 nitrogen and oxygen atoms in total. The van der Waals surface area contributed by atoms with Crippen molar-refractivity contribution >= 4 is 11.6 Å². The van der Waals surface area contributed by atoms with Crippen LogP contribution in [0.25, 0.3) is 0 Å². The van der Waals surface area contributed by atoms with Crippen molar-refractivity contribution in [3.63, 3.8) is 0 Å². The van der Waals surface area contributed by atoms with Crippen molar-refractivity contribution in [1.82, 2.24) is 4.90 Å². The quantitative estimate of drug-likeness (QED) is 0.927. The molecule has 3 rings (SSSR count). The number of nitrogens with one attached hydrogen (secondary N) is 1. The maximum atomic E-state index is 12.4. The van der Waals surface area contributed by atoms with Gasteiger partial charge in [0.25, 0.3) is 0 Å². The molecule has 1 saturated heterocycles. The van der Waals surface area contributed by atoms with E-state index < -0.39 is 24.7 Å². The topological polar surface area (TPSA) is 50.8 Å². The van der Waals surface area contributed by atoms with Crippen LogP contribution in [0.2, 0.25) is 0 Å². The van der Waals surface area contributed by atoms with E-state index in [-0.39, 0.29) is 6.54 Å². The Balaban J connectivity index is 1.71. The number of nitrogens with zero attached hydrogens (tertiary/aromatic N) is 1. The van der Waals surface area contributed by atoms with Crippen LogP contribution in [0.5, 0.6) is 11.5 Å². The van der Waals surface area contributed by atoms with Crippen LogP contribution in [0.1, 0.15) is 6.42 Å². The predicted molar refractivity (Wildman–Crippen MR) is 72.1 cm³/mol. The Kier molecular flexibility index (Phi) is 3.76. The van der Waals surface area contributed by atoms with Crippen LogP contribution in [0.15, 0.2) is 18.2 Å². The van der Waals surface area contributed by atoms with Gasteiger partial charge in [0.1, 0.15) is 25.8 Å². The maximum absolute atomic E-state index is 12.4. The molecule has 22 heavy (non-hydrogen) atoms. The van der Waals surface area contributed by atoms with Crippen LogP contribution in [-0.4, -0.2) is 49.3 Å². The minimum Gasteiger partial charge on any atom is -0.486 e. The Hall–Kier alpha value is -2.12. The molecule has 0 unspecified atom stereocenters. The normalized spacial score (nSPS) is 21.1. The van der Waals surface area contributed by atoms with Crippen molar-refractivity contribution in [2.45, 2.75) is 18.6 Å². The summed E-state index contributed by atoms with van der Waals surface area (Å²) in [5, 5.41) is 2.97. The predicted octanol–water partition coefficient (Wildman–Crippen LogP) is 2.03. The largest absolute Gasteiger partial charge is 0.486 e. The van der Waals surface area contributed by atoms with E-state index in [9.17, 15) is 18.0 Å². The fraction of sp³-hybridized carbons (Fsp3) is 0.500. The van der Waals surface area contributed by atoms with E-state index in [0.29, 0.717) is 36.8 Å². The van der Waals surface area contributed by atoms with Crippen molar-refractivity contribution in [2.24, 2.45) is 0 Å². The number of anilines is 1. The number of amides is 1. The average Bonchev–Trinajstić information content (AvgIpc) is 2.79. The molecule has 1 aromatic rings. The zero-order valence-corrected chi connectivity index (χ0v) is 11.7. The van der Waals surface area contributed by atoms with Gasteiger partial charge in [-0.25, -0.2) is 0 Å². The highest BCUT2D eigenvalue weighted by Crippen LogP contribution is 2.38. The molecule has 1 N–H and O–H groups in total. The van der Waals surface area contributed by atoms with Gasteiger partial charge in [-0.15, -0.1) is 0 Å². The van der Waals surface area contributed by atoms with E-state index >= 15 is 0 Å². The molecule has 2 aliphatic heterocycles. The Morgan fingerprint density at radius 3 is 2.82 bits per heavy atom. The van der Waals surface area contributed by atoms with Crippen LogP contribution >= 0.6 is 0 Å². The minimum atomic E-state index is -4.38. The summed E-state index contributed by atoms with van der Waals surface area (Å²) in [6, 6.07) is 4.52. The van der Waals surface area contributed by atoms with Crippen molar-refractivity contribution in [3.8, 4) is 11.5 Å². The highest BCUT2D eigenvalue weighted by molar-refractivity contribution is 5.87. The molecule has 1 aromatic carbocycles. The maximum Gasteiger partial charge on any atom is 0.406 e. The molecule has 0 bridgehead atoms. The van der Waals surface area contributed by atoms with E-state index in [4.69, 9.17) is 9.47 Å². The van der Waals surface area contributed by atoms with Crippen LogP contribution in [0.3, 0.4) is 0 Å². The fourth-order valence-corrected chi connectivity index (χ4v) is 2.62. The Morgan fingerprint density at radius 1 is 1.27 bits per heavy atom. The molecule has 120 valence electrons. The summed E-state index contributed by atoms with van der Waals surface area (Å²) in [7, 11) is 0. The van der Waals surface area contributed by atoms with Crippen LogP contribution in [-0.2, 0) is 4.79 Å². The number of carbonyl (C=O) groups is 1. The van der Waals surface area contributed by atoms with E-state index in [0.717, 1.165) is 4.90 Å². The van der Waals surface area contributed by atoms with Gasteiger partial charge in [0.2, 0.25) is 5.91 Å². The lowest BCUT2D eigenvalue weighted by molar-refractivity contribution is -0.157. The molecular weight excluding hydrogens is 301 g/mol. The van der Waals surface area contributed by atoms with Gasteiger partial charge in [0.15, 0.2) is 11.5 Å². The van der Waals surface area contributed by atoms with Crippen LogP contribution in [0, 0.1) is 0 Å². The third-order valence-corrected chi connectivity index (χ3v) is 3.56. The molecular formula is C14H15F3N2O3. The zero-order valence-electron chi connectivity index (χ0n) is 11.7. The lowest BCUT2D eigenvalue weighted by atomic mass is 10.2. The average molecular weight is 316 g/mol. The van der Waals surface area contributed by atoms with E-state index in [1.807, 2.05) is 0 Å². The summed E-state index contributed by atoms with van der Waals surface area (Å²) in [6.45, 7) is -0.290. The monoisotopic (exact) mass is 316 g/mol. The summed E-state index contributed by atoms with van der Waals surface area (Å²) >= 11 is 0. The lowest BCUT2D eigenvalue weighted by Crippen LogP contribution is -2.39. The van der Waals surface area contributed by atoms with E-state index in [1.165, 1.54) is 0 Å². The van der Waals surface area contributed by atoms with Gasteiger partial charge in [-0.1, -0.05) is 6.07 Å². The van der Waals surface area contributed by atoms with Gasteiger partial charge >= 0.3 is 6.18 Å². The lowest BCUT2D eigenvalue weighted by Gasteiger charge is -2.23. The van der Waals surface area contributed by atoms with Gasteiger partial charge in [-0.05, 0) is 18.6 Å². The highest BCUT2D eigenvalue weighted by atomic mass is 19.4. The first-order valence-electron chi connectivity index (χ1n) is 6.95. The number of benzene rings is 1. The van der Waals surface area contributed by atoms with Gasteiger partial charge in [0, 0.05) is 6.54 Å². The molecule has 1 fully saturated rings. The second-order valence-electron chi connectivity index (χ2n) is 5.19. The number of fused-ring (bicyclic) bond motifs is 1. The van der Waals surface area contributed by atoms with Gasteiger partial charge in [0.05, 0.1) is 5.69 Å². The number of para-hydroxylation sites is 1. The number of alkyl halides is 3. The van der Waals surface area contributed by atoms with Crippen molar-refractivity contribution in [1.29, 1.82) is 0 Å². The summed E-state index contributed by atoms with van der Waals surface area (Å²) in [6.07, 6.45) is -4.06. The number of likely N-dealkylation sites (tertiary alicyclic amines) is 1. The van der Waals surface area contributed by atoms with E-state index in [1.54, 1.807) is 18.2 Å². The summed E-state index contributed by atoms with van der Waals surface area (Å²) < 4.78 is 48.2. The molecule has 0 radical (unpaired) electrons. The zero-order chi connectivity index (χ0) is 15.7. The molecule has 0 spiro atoms.